The summed E-state index contributed by atoms with van der Waals surface area (Å²) >= 11 is 0. The van der Waals surface area contributed by atoms with E-state index in [1.807, 2.05) is 12.2 Å². The zero-order valence-electron chi connectivity index (χ0n) is 6.38. The molecule has 2 nitrogen and oxygen atoms in total. The van der Waals surface area contributed by atoms with Crippen LogP contribution in [0.3, 0.4) is 0 Å². The molecule has 0 atom stereocenters. The standard InChI is InChI=1S/C8H14O2/c1-2-5-8-9-6-3-4-7-10-8/h3-4,8H,2,5-7H2,1H3. The fourth-order valence-corrected chi connectivity index (χ4v) is 0.912. The van der Waals surface area contributed by atoms with Gasteiger partial charge in [-0.25, -0.2) is 0 Å². The van der Waals surface area contributed by atoms with Crippen molar-refractivity contribution in [2.24, 2.45) is 0 Å². The lowest BCUT2D eigenvalue weighted by atomic mass is 10.3. The van der Waals surface area contributed by atoms with Gasteiger partial charge in [0.15, 0.2) is 6.29 Å². The van der Waals surface area contributed by atoms with Crippen LogP contribution in [0.2, 0.25) is 0 Å². The van der Waals surface area contributed by atoms with Crippen molar-refractivity contribution in [2.75, 3.05) is 13.2 Å². The molecule has 0 saturated heterocycles. The largest absolute Gasteiger partial charge is 0.349 e. The normalized spacial score (nSPS) is 20.9. The van der Waals surface area contributed by atoms with E-state index in [2.05, 4.69) is 6.92 Å². The minimum Gasteiger partial charge on any atom is -0.349 e. The summed E-state index contributed by atoms with van der Waals surface area (Å²) in [4.78, 5) is 0. The lowest BCUT2D eigenvalue weighted by Gasteiger charge is -2.13. The summed E-state index contributed by atoms with van der Waals surface area (Å²) in [5.41, 5.74) is 0. The zero-order valence-corrected chi connectivity index (χ0v) is 6.38. The lowest BCUT2D eigenvalue weighted by molar-refractivity contribution is -0.125. The van der Waals surface area contributed by atoms with Crippen LogP contribution in [-0.4, -0.2) is 19.5 Å². The molecular formula is C8H14O2. The molecule has 0 N–H and O–H groups in total. The average molecular weight is 142 g/mol. The Labute approximate surface area is 61.8 Å². The van der Waals surface area contributed by atoms with Gasteiger partial charge in [-0.15, -0.1) is 0 Å². The molecule has 10 heavy (non-hydrogen) atoms. The van der Waals surface area contributed by atoms with Gasteiger partial charge in [-0.1, -0.05) is 25.5 Å². The molecule has 0 aromatic carbocycles. The molecule has 0 radical (unpaired) electrons. The van der Waals surface area contributed by atoms with Crippen molar-refractivity contribution in [1.82, 2.24) is 0 Å². The molecule has 1 rings (SSSR count). The second-order valence-corrected chi connectivity index (χ2v) is 2.36. The monoisotopic (exact) mass is 142 g/mol. The highest BCUT2D eigenvalue weighted by Gasteiger charge is 2.07. The summed E-state index contributed by atoms with van der Waals surface area (Å²) in [5, 5.41) is 0. The summed E-state index contributed by atoms with van der Waals surface area (Å²) in [6, 6.07) is 0. The van der Waals surface area contributed by atoms with Crippen LogP contribution in [0.4, 0.5) is 0 Å². The van der Waals surface area contributed by atoms with Gasteiger partial charge in [-0.3, -0.25) is 0 Å². The summed E-state index contributed by atoms with van der Waals surface area (Å²) < 4.78 is 10.7. The third-order valence-corrected chi connectivity index (χ3v) is 1.45. The molecule has 0 aromatic rings. The number of hydrogen-bond donors (Lipinski definition) is 0. The molecule has 2 heteroatoms. The third kappa shape index (κ3) is 2.50. The fraction of sp³-hybridized carbons (Fsp3) is 0.750. The smallest absolute Gasteiger partial charge is 0.158 e. The van der Waals surface area contributed by atoms with E-state index in [1.54, 1.807) is 0 Å². The van der Waals surface area contributed by atoms with Crippen molar-refractivity contribution in [3.63, 3.8) is 0 Å². The Morgan fingerprint density at radius 2 is 1.90 bits per heavy atom. The van der Waals surface area contributed by atoms with Crippen molar-refractivity contribution < 1.29 is 9.47 Å². The van der Waals surface area contributed by atoms with Crippen LogP contribution >= 0.6 is 0 Å². The number of rotatable bonds is 2. The van der Waals surface area contributed by atoms with Crippen LogP contribution in [0, 0.1) is 0 Å². The van der Waals surface area contributed by atoms with Crippen molar-refractivity contribution in [1.29, 1.82) is 0 Å². The van der Waals surface area contributed by atoms with Gasteiger partial charge in [0.05, 0.1) is 13.2 Å². The second kappa shape index (κ2) is 4.47. The van der Waals surface area contributed by atoms with Crippen molar-refractivity contribution in [2.45, 2.75) is 26.1 Å². The quantitative estimate of drug-likeness (QED) is 0.546. The highest BCUT2D eigenvalue weighted by atomic mass is 16.7. The maximum atomic E-state index is 5.33. The summed E-state index contributed by atoms with van der Waals surface area (Å²) in [6.45, 7) is 3.53. The minimum absolute atomic E-state index is 0.0278. The zero-order chi connectivity index (χ0) is 7.23. The first kappa shape index (κ1) is 7.76. The topological polar surface area (TPSA) is 18.5 Å². The van der Waals surface area contributed by atoms with Gasteiger partial charge in [0.1, 0.15) is 0 Å². The molecule has 0 unspecified atom stereocenters. The van der Waals surface area contributed by atoms with Gasteiger partial charge < -0.3 is 9.47 Å². The van der Waals surface area contributed by atoms with E-state index in [0.29, 0.717) is 13.2 Å². The first-order valence-electron chi connectivity index (χ1n) is 3.81. The van der Waals surface area contributed by atoms with Crippen LogP contribution in [-0.2, 0) is 9.47 Å². The van der Waals surface area contributed by atoms with Gasteiger partial charge in [-0.2, -0.15) is 0 Å². The number of hydrogen-bond acceptors (Lipinski definition) is 2. The van der Waals surface area contributed by atoms with Crippen LogP contribution in [0.1, 0.15) is 19.8 Å². The maximum Gasteiger partial charge on any atom is 0.158 e. The first-order chi connectivity index (χ1) is 4.93. The van der Waals surface area contributed by atoms with Crippen LogP contribution in [0.25, 0.3) is 0 Å². The highest BCUT2D eigenvalue weighted by molar-refractivity contribution is 4.83. The minimum atomic E-state index is 0.0278. The molecule has 0 fully saturated rings. The Balaban J connectivity index is 2.20. The van der Waals surface area contributed by atoms with Crippen LogP contribution in [0.15, 0.2) is 12.2 Å². The van der Waals surface area contributed by atoms with E-state index in [4.69, 9.17) is 9.47 Å². The Hall–Kier alpha value is -0.340. The highest BCUT2D eigenvalue weighted by Crippen LogP contribution is 2.06. The average Bonchev–Trinajstić information content (AvgIpc) is 2.17. The van der Waals surface area contributed by atoms with Gasteiger partial charge in [0, 0.05) is 0 Å². The molecule has 1 heterocycles. The first-order valence-corrected chi connectivity index (χ1v) is 3.81. The molecule has 1 aliphatic heterocycles. The SMILES string of the molecule is CCCC1OCC=CCO1. The molecule has 0 saturated carbocycles. The van der Waals surface area contributed by atoms with E-state index in [9.17, 15) is 0 Å². The fourth-order valence-electron chi connectivity index (χ4n) is 0.912. The molecule has 0 amide bonds. The number of ether oxygens (including phenoxy) is 2. The summed E-state index contributed by atoms with van der Waals surface area (Å²) in [5.74, 6) is 0. The Bertz CT molecular complexity index is 99.8. The Morgan fingerprint density at radius 3 is 2.40 bits per heavy atom. The van der Waals surface area contributed by atoms with Gasteiger partial charge in [0.25, 0.3) is 0 Å². The molecule has 58 valence electrons. The van der Waals surface area contributed by atoms with Crippen molar-refractivity contribution >= 4 is 0 Å². The predicted octanol–water partition coefficient (Wildman–Crippen LogP) is 1.72. The summed E-state index contributed by atoms with van der Waals surface area (Å²) in [7, 11) is 0. The predicted molar refractivity (Wildman–Crippen MR) is 39.7 cm³/mol. The molecule has 0 bridgehead atoms. The summed E-state index contributed by atoms with van der Waals surface area (Å²) in [6.07, 6.45) is 6.14. The van der Waals surface area contributed by atoms with E-state index in [-0.39, 0.29) is 6.29 Å². The molecule has 1 aliphatic rings. The Kier molecular flexibility index (Phi) is 3.47. The molecule has 0 aromatic heterocycles. The van der Waals surface area contributed by atoms with Gasteiger partial charge >= 0.3 is 0 Å². The van der Waals surface area contributed by atoms with E-state index in [0.717, 1.165) is 12.8 Å². The van der Waals surface area contributed by atoms with E-state index < -0.39 is 0 Å². The van der Waals surface area contributed by atoms with E-state index in [1.165, 1.54) is 0 Å². The van der Waals surface area contributed by atoms with Crippen LogP contribution < -0.4 is 0 Å². The van der Waals surface area contributed by atoms with Crippen LogP contribution in [0.5, 0.6) is 0 Å². The van der Waals surface area contributed by atoms with Gasteiger partial charge in [-0.05, 0) is 6.42 Å². The van der Waals surface area contributed by atoms with E-state index >= 15 is 0 Å². The third-order valence-electron chi connectivity index (χ3n) is 1.45. The Morgan fingerprint density at radius 1 is 1.30 bits per heavy atom. The van der Waals surface area contributed by atoms with Crippen molar-refractivity contribution in [3.05, 3.63) is 12.2 Å². The molecule has 0 aliphatic carbocycles. The van der Waals surface area contributed by atoms with Gasteiger partial charge in [0.2, 0.25) is 0 Å². The second-order valence-electron chi connectivity index (χ2n) is 2.36. The molecular weight excluding hydrogens is 128 g/mol. The van der Waals surface area contributed by atoms with Crippen molar-refractivity contribution in [3.8, 4) is 0 Å². The molecule has 0 spiro atoms. The maximum absolute atomic E-state index is 5.33. The lowest BCUT2D eigenvalue weighted by Crippen LogP contribution is -2.15.